The first-order valence-corrected chi connectivity index (χ1v) is 8.88. The SMILES string of the molecule is C[C@@H]1CCCC[NH+]1CC#CC(O)(c1ccccc1)c1ccccc1. The van der Waals surface area contributed by atoms with E-state index in [2.05, 4.69) is 18.8 Å². The molecule has 0 bridgehead atoms. The molecule has 0 radical (unpaired) electrons. The summed E-state index contributed by atoms with van der Waals surface area (Å²) in [6, 6.07) is 20.1. The Morgan fingerprint density at radius 3 is 2.12 bits per heavy atom. The van der Waals surface area contributed by atoms with Crippen molar-refractivity contribution in [3.05, 3.63) is 71.8 Å². The van der Waals surface area contributed by atoms with Crippen LogP contribution in [0.1, 0.15) is 37.3 Å². The zero-order chi connectivity index (χ0) is 16.8. The van der Waals surface area contributed by atoms with E-state index in [1.807, 2.05) is 60.7 Å². The summed E-state index contributed by atoms with van der Waals surface area (Å²) in [5.41, 5.74) is 0.400. The van der Waals surface area contributed by atoms with Crippen molar-refractivity contribution in [3.63, 3.8) is 0 Å². The number of piperidine rings is 1. The van der Waals surface area contributed by atoms with Gasteiger partial charge >= 0.3 is 0 Å². The fourth-order valence-electron chi connectivity index (χ4n) is 3.47. The number of likely N-dealkylation sites (tertiary alicyclic amines) is 1. The average Bonchev–Trinajstić information content (AvgIpc) is 2.64. The summed E-state index contributed by atoms with van der Waals surface area (Å²) in [5.74, 6) is 6.47. The summed E-state index contributed by atoms with van der Waals surface area (Å²) >= 11 is 0. The molecule has 1 aliphatic heterocycles. The number of quaternary nitrogens is 1. The van der Waals surface area contributed by atoms with Crippen LogP contribution in [0.4, 0.5) is 0 Å². The van der Waals surface area contributed by atoms with Crippen LogP contribution < -0.4 is 4.90 Å². The van der Waals surface area contributed by atoms with Gasteiger partial charge in [0.2, 0.25) is 0 Å². The Kier molecular flexibility index (Phi) is 5.35. The fourth-order valence-corrected chi connectivity index (χ4v) is 3.47. The Morgan fingerprint density at radius 1 is 1.00 bits per heavy atom. The van der Waals surface area contributed by atoms with E-state index in [9.17, 15) is 5.11 Å². The predicted octanol–water partition coefficient (Wildman–Crippen LogP) is 2.38. The average molecular weight is 320 g/mol. The highest BCUT2D eigenvalue weighted by Gasteiger charge is 2.29. The molecular weight excluding hydrogens is 294 g/mol. The molecule has 2 aromatic carbocycles. The maximum atomic E-state index is 11.4. The van der Waals surface area contributed by atoms with Gasteiger partial charge in [-0.2, -0.15) is 0 Å². The maximum absolute atomic E-state index is 11.4. The van der Waals surface area contributed by atoms with Gasteiger partial charge in [-0.1, -0.05) is 66.6 Å². The van der Waals surface area contributed by atoms with Gasteiger partial charge in [0.15, 0.2) is 5.60 Å². The number of nitrogens with one attached hydrogen (secondary N) is 1. The van der Waals surface area contributed by atoms with Crippen LogP contribution in [0.25, 0.3) is 0 Å². The number of rotatable bonds is 3. The largest absolute Gasteiger partial charge is 0.369 e. The smallest absolute Gasteiger partial charge is 0.177 e. The summed E-state index contributed by atoms with van der Waals surface area (Å²) in [6.07, 6.45) is 3.89. The highest BCUT2D eigenvalue weighted by molar-refractivity contribution is 5.44. The van der Waals surface area contributed by atoms with Gasteiger partial charge in [0.05, 0.1) is 12.6 Å². The van der Waals surface area contributed by atoms with Crippen molar-refractivity contribution in [3.8, 4) is 11.8 Å². The summed E-state index contributed by atoms with van der Waals surface area (Å²) in [5, 5.41) is 11.4. The lowest BCUT2D eigenvalue weighted by atomic mass is 9.87. The minimum Gasteiger partial charge on any atom is -0.369 e. The molecule has 0 aromatic heterocycles. The minimum atomic E-state index is -1.25. The molecule has 2 aromatic rings. The number of hydrogen-bond donors (Lipinski definition) is 2. The zero-order valence-corrected chi connectivity index (χ0v) is 14.3. The molecule has 1 aliphatic rings. The van der Waals surface area contributed by atoms with Gasteiger partial charge in [-0.05, 0) is 32.1 Å². The molecule has 0 aliphatic carbocycles. The summed E-state index contributed by atoms with van der Waals surface area (Å²) in [7, 11) is 0. The molecule has 2 heteroatoms. The summed E-state index contributed by atoms with van der Waals surface area (Å²) in [6.45, 7) is 4.28. The Bertz CT molecular complexity index is 659. The van der Waals surface area contributed by atoms with Crippen molar-refractivity contribution in [2.45, 2.75) is 37.8 Å². The van der Waals surface area contributed by atoms with Crippen molar-refractivity contribution in [2.24, 2.45) is 0 Å². The molecule has 0 amide bonds. The standard InChI is InChI=1S/C22H25NO/c1-19-11-8-9-17-23(19)18-10-16-22(24,20-12-4-2-5-13-20)21-14-6-3-7-15-21/h2-7,12-15,19,24H,8-9,11,17-18H2,1H3/p+1/t19-/m1/s1. The quantitative estimate of drug-likeness (QED) is 0.834. The molecule has 1 fully saturated rings. The van der Waals surface area contributed by atoms with E-state index in [1.54, 1.807) is 0 Å². The molecule has 1 unspecified atom stereocenters. The lowest BCUT2D eigenvalue weighted by Gasteiger charge is -2.28. The van der Waals surface area contributed by atoms with Crippen molar-refractivity contribution < 1.29 is 10.0 Å². The Hall–Kier alpha value is -2.08. The van der Waals surface area contributed by atoms with Gasteiger partial charge in [-0.15, -0.1) is 0 Å². The van der Waals surface area contributed by atoms with Crippen LogP contribution in [0, 0.1) is 11.8 Å². The van der Waals surface area contributed by atoms with Crippen molar-refractivity contribution in [2.75, 3.05) is 13.1 Å². The topological polar surface area (TPSA) is 24.7 Å². The molecule has 0 saturated carbocycles. The number of benzene rings is 2. The van der Waals surface area contributed by atoms with E-state index >= 15 is 0 Å². The van der Waals surface area contributed by atoms with Crippen LogP contribution in [0.3, 0.4) is 0 Å². The van der Waals surface area contributed by atoms with Gasteiger partial charge in [0.1, 0.15) is 6.54 Å². The molecule has 2 atom stereocenters. The normalized spacial score (nSPS) is 20.9. The third kappa shape index (κ3) is 3.70. The minimum absolute atomic E-state index is 0.662. The first-order valence-electron chi connectivity index (χ1n) is 8.88. The Balaban J connectivity index is 1.88. The van der Waals surface area contributed by atoms with Crippen LogP contribution >= 0.6 is 0 Å². The molecular formula is C22H26NO+. The Labute approximate surface area is 145 Å². The van der Waals surface area contributed by atoms with Gasteiger partial charge in [0.25, 0.3) is 0 Å². The molecule has 3 rings (SSSR count). The molecule has 124 valence electrons. The van der Waals surface area contributed by atoms with E-state index in [4.69, 9.17) is 0 Å². The van der Waals surface area contributed by atoms with Crippen LogP contribution in [-0.2, 0) is 5.60 Å². The molecule has 1 saturated heterocycles. The summed E-state index contributed by atoms with van der Waals surface area (Å²) < 4.78 is 0. The van der Waals surface area contributed by atoms with E-state index < -0.39 is 5.60 Å². The van der Waals surface area contributed by atoms with E-state index in [-0.39, 0.29) is 0 Å². The fraction of sp³-hybridized carbons (Fsp3) is 0.364. The third-order valence-corrected chi connectivity index (χ3v) is 5.05. The third-order valence-electron chi connectivity index (χ3n) is 5.05. The summed E-state index contributed by atoms with van der Waals surface area (Å²) in [4.78, 5) is 1.54. The predicted molar refractivity (Wildman–Crippen MR) is 97.7 cm³/mol. The highest BCUT2D eigenvalue weighted by atomic mass is 16.3. The Morgan fingerprint density at radius 2 is 1.58 bits per heavy atom. The first kappa shape index (κ1) is 16.8. The van der Waals surface area contributed by atoms with E-state index in [0.29, 0.717) is 6.04 Å². The molecule has 2 N–H and O–H groups in total. The number of hydrogen-bond acceptors (Lipinski definition) is 1. The van der Waals surface area contributed by atoms with Gasteiger partial charge in [-0.25, -0.2) is 0 Å². The number of aliphatic hydroxyl groups is 1. The molecule has 0 spiro atoms. The highest BCUT2D eigenvalue weighted by Crippen LogP contribution is 2.28. The second-order valence-corrected chi connectivity index (χ2v) is 6.73. The lowest BCUT2D eigenvalue weighted by Crippen LogP contribution is -3.16. The van der Waals surface area contributed by atoms with Gasteiger partial charge in [0, 0.05) is 11.1 Å². The van der Waals surface area contributed by atoms with Crippen molar-refractivity contribution in [1.82, 2.24) is 0 Å². The van der Waals surface area contributed by atoms with Crippen LogP contribution in [0.5, 0.6) is 0 Å². The van der Waals surface area contributed by atoms with Gasteiger partial charge < -0.3 is 10.0 Å². The second-order valence-electron chi connectivity index (χ2n) is 6.73. The maximum Gasteiger partial charge on any atom is 0.177 e. The van der Waals surface area contributed by atoms with Crippen molar-refractivity contribution in [1.29, 1.82) is 0 Å². The van der Waals surface area contributed by atoms with Gasteiger partial charge in [-0.3, -0.25) is 0 Å². The first-order chi connectivity index (χ1) is 11.7. The second kappa shape index (κ2) is 7.66. The van der Waals surface area contributed by atoms with Crippen molar-refractivity contribution >= 4 is 0 Å². The molecule has 24 heavy (non-hydrogen) atoms. The van der Waals surface area contributed by atoms with Crippen LogP contribution in [0.15, 0.2) is 60.7 Å². The molecule has 2 nitrogen and oxygen atoms in total. The van der Waals surface area contributed by atoms with Crippen LogP contribution in [0.2, 0.25) is 0 Å². The van der Waals surface area contributed by atoms with E-state index in [0.717, 1.165) is 17.7 Å². The molecule has 1 heterocycles. The van der Waals surface area contributed by atoms with Crippen LogP contribution in [-0.4, -0.2) is 24.2 Å². The monoisotopic (exact) mass is 320 g/mol. The van der Waals surface area contributed by atoms with E-state index in [1.165, 1.54) is 30.7 Å². The zero-order valence-electron chi connectivity index (χ0n) is 14.3. The lowest BCUT2D eigenvalue weighted by molar-refractivity contribution is -0.921.